The second-order valence-corrected chi connectivity index (χ2v) is 5.80. The van der Waals surface area contributed by atoms with E-state index in [4.69, 9.17) is 0 Å². The fraction of sp³-hybridized carbons (Fsp3) is 0.111. The molecular formula is C18H13N5O5. The second kappa shape index (κ2) is 7.16. The molecule has 28 heavy (non-hydrogen) atoms. The van der Waals surface area contributed by atoms with Crippen LogP contribution in [0.2, 0.25) is 0 Å². The SMILES string of the molecule is CCn1c(NC(=O)c2cccc([N+](=O)[O-])c2)c(C#N)c2ccc([N+](=O)[O-])cc21. The van der Waals surface area contributed by atoms with Crippen LogP contribution < -0.4 is 5.32 Å². The number of aromatic nitrogens is 1. The molecule has 0 saturated carbocycles. The van der Waals surface area contributed by atoms with E-state index in [-0.39, 0.29) is 28.3 Å². The van der Waals surface area contributed by atoms with Gasteiger partial charge in [0.25, 0.3) is 17.3 Å². The Labute approximate surface area is 157 Å². The van der Waals surface area contributed by atoms with Crippen LogP contribution in [0.3, 0.4) is 0 Å². The Balaban J connectivity index is 2.11. The van der Waals surface area contributed by atoms with Gasteiger partial charge in [-0.15, -0.1) is 0 Å². The molecule has 0 aliphatic carbocycles. The predicted octanol–water partition coefficient (Wildman–Crippen LogP) is 3.60. The molecule has 0 unspecified atom stereocenters. The van der Waals surface area contributed by atoms with E-state index < -0.39 is 15.8 Å². The fourth-order valence-electron chi connectivity index (χ4n) is 2.96. The van der Waals surface area contributed by atoms with Crippen LogP contribution in [0.15, 0.2) is 42.5 Å². The first kappa shape index (κ1) is 18.5. The molecule has 1 amide bonds. The summed E-state index contributed by atoms with van der Waals surface area (Å²) in [5.41, 5.74) is 0.269. The van der Waals surface area contributed by atoms with Crippen molar-refractivity contribution in [1.29, 1.82) is 5.26 Å². The van der Waals surface area contributed by atoms with Gasteiger partial charge in [0.05, 0.1) is 15.4 Å². The number of benzene rings is 2. The topological polar surface area (TPSA) is 144 Å². The van der Waals surface area contributed by atoms with Gasteiger partial charge in [0.2, 0.25) is 0 Å². The van der Waals surface area contributed by atoms with Gasteiger partial charge >= 0.3 is 0 Å². The van der Waals surface area contributed by atoms with Gasteiger partial charge in [0.15, 0.2) is 0 Å². The summed E-state index contributed by atoms with van der Waals surface area (Å²) in [6, 6.07) is 11.3. The minimum Gasteiger partial charge on any atom is -0.326 e. The van der Waals surface area contributed by atoms with Crippen molar-refractivity contribution < 1.29 is 14.6 Å². The van der Waals surface area contributed by atoms with Crippen LogP contribution in [0.4, 0.5) is 17.2 Å². The molecule has 0 bridgehead atoms. The molecule has 0 fully saturated rings. The molecular weight excluding hydrogens is 366 g/mol. The Morgan fingerprint density at radius 3 is 2.43 bits per heavy atom. The lowest BCUT2D eigenvalue weighted by Gasteiger charge is -2.10. The van der Waals surface area contributed by atoms with Crippen LogP contribution in [0, 0.1) is 31.6 Å². The van der Waals surface area contributed by atoms with Crippen molar-refractivity contribution in [3.63, 3.8) is 0 Å². The summed E-state index contributed by atoms with van der Waals surface area (Å²) < 4.78 is 1.58. The molecule has 2 aromatic carbocycles. The van der Waals surface area contributed by atoms with Gasteiger partial charge in [0, 0.05) is 41.8 Å². The van der Waals surface area contributed by atoms with E-state index in [1.54, 1.807) is 11.5 Å². The number of nitrogens with one attached hydrogen (secondary N) is 1. The predicted molar refractivity (Wildman–Crippen MR) is 100 cm³/mol. The van der Waals surface area contributed by atoms with Crippen molar-refractivity contribution >= 4 is 34.0 Å². The molecule has 1 aromatic heterocycles. The molecule has 0 spiro atoms. The number of non-ortho nitro benzene ring substituents is 2. The number of hydrogen-bond acceptors (Lipinski definition) is 6. The monoisotopic (exact) mass is 379 g/mol. The quantitative estimate of drug-likeness (QED) is 0.529. The Morgan fingerprint density at radius 2 is 1.82 bits per heavy atom. The van der Waals surface area contributed by atoms with Gasteiger partial charge in [-0.25, -0.2) is 0 Å². The molecule has 0 radical (unpaired) electrons. The van der Waals surface area contributed by atoms with Crippen molar-refractivity contribution in [2.75, 3.05) is 5.32 Å². The highest BCUT2D eigenvalue weighted by Crippen LogP contribution is 2.32. The minimum absolute atomic E-state index is 0.0528. The lowest BCUT2D eigenvalue weighted by molar-refractivity contribution is -0.385. The number of nitro groups is 2. The standard InChI is InChI=1S/C18H13N5O5/c1-2-21-16-9-13(23(27)28)6-7-14(16)15(10-19)17(21)20-18(24)11-4-3-5-12(8-11)22(25)26/h3-9H,2H2,1H3,(H,20,24). The van der Waals surface area contributed by atoms with Gasteiger partial charge in [-0.2, -0.15) is 5.26 Å². The Bertz CT molecular complexity index is 1180. The third-order valence-corrected chi connectivity index (χ3v) is 4.24. The lowest BCUT2D eigenvalue weighted by Crippen LogP contribution is -2.16. The van der Waals surface area contributed by atoms with E-state index in [0.29, 0.717) is 17.4 Å². The number of nitro benzene ring substituents is 2. The average Bonchev–Trinajstić information content (AvgIpc) is 2.99. The second-order valence-electron chi connectivity index (χ2n) is 5.80. The van der Waals surface area contributed by atoms with E-state index in [2.05, 4.69) is 5.32 Å². The van der Waals surface area contributed by atoms with Crippen LogP contribution in [0.5, 0.6) is 0 Å². The van der Waals surface area contributed by atoms with Crippen molar-refractivity contribution in [1.82, 2.24) is 4.57 Å². The van der Waals surface area contributed by atoms with Gasteiger partial charge in [-0.05, 0) is 19.1 Å². The first-order chi connectivity index (χ1) is 13.4. The van der Waals surface area contributed by atoms with E-state index in [1.165, 1.54) is 36.4 Å². The largest absolute Gasteiger partial charge is 0.326 e. The first-order valence-electron chi connectivity index (χ1n) is 8.14. The summed E-state index contributed by atoms with van der Waals surface area (Å²) in [6.45, 7) is 2.10. The molecule has 3 rings (SSSR count). The maximum Gasteiger partial charge on any atom is 0.271 e. The third kappa shape index (κ3) is 3.12. The third-order valence-electron chi connectivity index (χ3n) is 4.24. The highest BCUT2D eigenvalue weighted by Gasteiger charge is 2.21. The van der Waals surface area contributed by atoms with Gasteiger partial charge in [0.1, 0.15) is 17.5 Å². The normalized spacial score (nSPS) is 10.4. The zero-order valence-corrected chi connectivity index (χ0v) is 14.6. The molecule has 10 nitrogen and oxygen atoms in total. The molecule has 0 atom stereocenters. The number of carbonyl (C=O) groups is 1. The van der Waals surface area contributed by atoms with Crippen molar-refractivity contribution in [2.24, 2.45) is 0 Å². The minimum atomic E-state index is -0.632. The highest BCUT2D eigenvalue weighted by atomic mass is 16.6. The molecule has 3 aromatic rings. The summed E-state index contributed by atoms with van der Waals surface area (Å²) in [5.74, 6) is -0.454. The van der Waals surface area contributed by atoms with Gasteiger partial charge < -0.3 is 9.88 Å². The zero-order chi connectivity index (χ0) is 20.4. The Morgan fingerprint density at radius 1 is 1.14 bits per heavy atom. The summed E-state index contributed by atoms with van der Waals surface area (Å²) in [5, 5.41) is 34.6. The van der Waals surface area contributed by atoms with Crippen molar-refractivity contribution in [3.8, 4) is 6.07 Å². The first-order valence-corrected chi connectivity index (χ1v) is 8.14. The number of aryl methyl sites for hydroxylation is 1. The number of amides is 1. The summed E-state index contributed by atoms with van der Waals surface area (Å²) in [4.78, 5) is 33.4. The molecule has 0 aliphatic rings. The molecule has 140 valence electrons. The number of anilines is 1. The molecule has 1 N–H and O–H groups in total. The summed E-state index contributed by atoms with van der Waals surface area (Å²) >= 11 is 0. The van der Waals surface area contributed by atoms with Gasteiger partial charge in [-0.1, -0.05) is 6.07 Å². The molecule has 10 heteroatoms. The summed E-state index contributed by atoms with van der Waals surface area (Å²) in [6.07, 6.45) is 0. The van der Waals surface area contributed by atoms with Crippen molar-refractivity contribution in [2.45, 2.75) is 13.5 Å². The maximum absolute atomic E-state index is 12.6. The molecule has 1 heterocycles. The maximum atomic E-state index is 12.6. The van der Waals surface area contributed by atoms with Crippen molar-refractivity contribution in [3.05, 3.63) is 73.8 Å². The van der Waals surface area contributed by atoms with Crippen LogP contribution in [0.1, 0.15) is 22.8 Å². The van der Waals surface area contributed by atoms with Gasteiger partial charge in [-0.3, -0.25) is 25.0 Å². The number of rotatable bonds is 5. The summed E-state index contributed by atoms with van der Waals surface area (Å²) in [7, 11) is 0. The van der Waals surface area contributed by atoms with Crippen LogP contribution in [0.25, 0.3) is 10.9 Å². The number of carbonyl (C=O) groups excluding carboxylic acids is 1. The Hall–Kier alpha value is -4.26. The smallest absolute Gasteiger partial charge is 0.271 e. The van der Waals surface area contributed by atoms with E-state index in [9.17, 15) is 30.3 Å². The number of hydrogen-bond donors (Lipinski definition) is 1. The zero-order valence-electron chi connectivity index (χ0n) is 14.6. The molecule has 0 saturated heterocycles. The van der Waals surface area contributed by atoms with E-state index in [0.717, 1.165) is 6.07 Å². The average molecular weight is 379 g/mol. The molecule has 0 aliphatic heterocycles. The Kier molecular flexibility index (Phi) is 4.74. The fourth-order valence-corrected chi connectivity index (χ4v) is 2.96. The van der Waals surface area contributed by atoms with Crippen LogP contribution >= 0.6 is 0 Å². The highest BCUT2D eigenvalue weighted by molar-refractivity contribution is 6.07. The van der Waals surface area contributed by atoms with E-state index >= 15 is 0 Å². The van der Waals surface area contributed by atoms with Crippen LogP contribution in [-0.4, -0.2) is 20.3 Å². The van der Waals surface area contributed by atoms with Crippen LogP contribution in [-0.2, 0) is 6.54 Å². The number of nitrogens with zero attached hydrogens (tertiary/aromatic N) is 4. The van der Waals surface area contributed by atoms with E-state index in [1.807, 2.05) is 6.07 Å². The lowest BCUT2D eigenvalue weighted by atomic mass is 10.1. The number of nitriles is 1. The number of fused-ring (bicyclic) bond motifs is 1.